The first-order chi connectivity index (χ1) is 10.1. The monoisotopic (exact) mass is 383 g/mol. The Bertz CT molecular complexity index is 632. The van der Waals surface area contributed by atoms with Gasteiger partial charge in [-0.3, -0.25) is 0 Å². The van der Waals surface area contributed by atoms with Crippen molar-refractivity contribution < 1.29 is 9.53 Å². The van der Waals surface area contributed by atoms with E-state index in [0.29, 0.717) is 5.56 Å². The van der Waals surface area contributed by atoms with Crippen LogP contribution in [0.2, 0.25) is 0 Å². The molecule has 0 N–H and O–H groups in total. The normalized spacial score (nSPS) is 10.2. The maximum atomic E-state index is 12.1. The van der Waals surface area contributed by atoms with Crippen LogP contribution in [0, 0.1) is 0 Å². The highest BCUT2D eigenvalue weighted by molar-refractivity contribution is 9.10. The summed E-state index contributed by atoms with van der Waals surface area (Å²) in [6, 6.07) is 15.2. The van der Waals surface area contributed by atoms with E-state index in [4.69, 9.17) is 4.74 Å². The molecule has 0 spiro atoms. The molecule has 0 amide bonds. The van der Waals surface area contributed by atoms with Crippen LogP contribution in [-0.4, -0.2) is 25.0 Å². The van der Waals surface area contributed by atoms with Crippen molar-refractivity contribution in [3.8, 4) is 0 Å². The molecule has 2 aromatic carbocycles. The molecule has 0 saturated carbocycles. The van der Waals surface area contributed by atoms with E-state index in [1.54, 1.807) is 12.1 Å². The Morgan fingerprint density at radius 1 is 1.09 bits per heavy atom. The minimum absolute atomic E-state index is 0. The summed E-state index contributed by atoms with van der Waals surface area (Å²) < 4.78 is 6.28. The van der Waals surface area contributed by atoms with Crippen molar-refractivity contribution in [1.82, 2.24) is 4.90 Å². The van der Waals surface area contributed by atoms with Gasteiger partial charge in [-0.1, -0.05) is 46.3 Å². The van der Waals surface area contributed by atoms with Crippen molar-refractivity contribution in [2.45, 2.75) is 13.2 Å². The van der Waals surface area contributed by atoms with Crippen molar-refractivity contribution in [1.29, 1.82) is 0 Å². The second-order valence-electron chi connectivity index (χ2n) is 5.09. The molecular formula is C17H19BrClNO2. The summed E-state index contributed by atoms with van der Waals surface area (Å²) in [6.45, 7) is 1.11. The standard InChI is InChI=1S/C17H18BrNO2.ClH/c1-19(2)11-14-6-3-4-7-15(14)12-21-17(20)13-8-5-9-16(18)10-13;/h3-10H,11-12H2,1-2H3;1H. The molecule has 0 radical (unpaired) electrons. The number of nitrogens with zero attached hydrogens (tertiary/aromatic N) is 1. The van der Waals surface area contributed by atoms with E-state index >= 15 is 0 Å². The average Bonchev–Trinajstić information content (AvgIpc) is 2.45. The number of esters is 1. The van der Waals surface area contributed by atoms with E-state index in [2.05, 4.69) is 26.9 Å². The van der Waals surface area contributed by atoms with Crippen LogP contribution in [-0.2, 0) is 17.9 Å². The number of rotatable bonds is 5. The van der Waals surface area contributed by atoms with Gasteiger partial charge in [0.1, 0.15) is 6.61 Å². The Morgan fingerprint density at radius 2 is 1.77 bits per heavy atom. The smallest absolute Gasteiger partial charge is 0.338 e. The molecule has 0 aliphatic rings. The molecule has 0 aliphatic heterocycles. The van der Waals surface area contributed by atoms with Gasteiger partial charge in [0.05, 0.1) is 5.56 Å². The number of hydrogen-bond acceptors (Lipinski definition) is 3. The van der Waals surface area contributed by atoms with Crippen molar-refractivity contribution in [3.63, 3.8) is 0 Å². The van der Waals surface area contributed by atoms with Gasteiger partial charge in [0.25, 0.3) is 0 Å². The van der Waals surface area contributed by atoms with E-state index in [-0.39, 0.29) is 25.0 Å². The van der Waals surface area contributed by atoms with Gasteiger partial charge in [0, 0.05) is 11.0 Å². The molecule has 3 nitrogen and oxygen atoms in total. The number of halogens is 2. The third kappa shape index (κ3) is 5.44. The number of ether oxygens (including phenoxy) is 1. The van der Waals surface area contributed by atoms with E-state index in [1.165, 1.54) is 5.56 Å². The van der Waals surface area contributed by atoms with Crippen molar-refractivity contribution >= 4 is 34.3 Å². The summed E-state index contributed by atoms with van der Waals surface area (Å²) >= 11 is 3.35. The quantitative estimate of drug-likeness (QED) is 0.720. The lowest BCUT2D eigenvalue weighted by Crippen LogP contribution is -2.13. The van der Waals surface area contributed by atoms with Crippen molar-refractivity contribution in [2.24, 2.45) is 0 Å². The molecular weight excluding hydrogens is 366 g/mol. The maximum Gasteiger partial charge on any atom is 0.338 e. The maximum absolute atomic E-state index is 12.1. The summed E-state index contributed by atoms with van der Waals surface area (Å²) in [6.07, 6.45) is 0. The molecule has 0 atom stereocenters. The first-order valence-electron chi connectivity index (χ1n) is 6.70. The van der Waals surface area contributed by atoms with Gasteiger partial charge in [0.2, 0.25) is 0 Å². The molecule has 0 unspecified atom stereocenters. The molecule has 0 aliphatic carbocycles. The predicted molar refractivity (Wildman–Crippen MR) is 94.3 cm³/mol. The summed E-state index contributed by atoms with van der Waals surface area (Å²) in [4.78, 5) is 14.1. The second-order valence-corrected chi connectivity index (χ2v) is 6.01. The largest absolute Gasteiger partial charge is 0.457 e. The molecule has 0 bridgehead atoms. The highest BCUT2D eigenvalue weighted by Gasteiger charge is 2.09. The second kappa shape index (κ2) is 8.93. The van der Waals surface area contributed by atoms with Crippen LogP contribution >= 0.6 is 28.3 Å². The third-order valence-electron chi connectivity index (χ3n) is 3.02. The van der Waals surface area contributed by atoms with E-state index in [0.717, 1.165) is 16.6 Å². The van der Waals surface area contributed by atoms with Crippen molar-refractivity contribution in [3.05, 3.63) is 69.7 Å². The van der Waals surface area contributed by atoms with Crippen LogP contribution in [0.1, 0.15) is 21.5 Å². The Kier molecular flexibility index (Phi) is 7.59. The lowest BCUT2D eigenvalue weighted by Gasteiger charge is -2.14. The molecule has 118 valence electrons. The zero-order chi connectivity index (χ0) is 15.2. The molecule has 0 saturated heterocycles. The van der Waals surface area contributed by atoms with E-state index in [1.807, 2.05) is 44.4 Å². The number of carbonyl (C=O) groups excluding carboxylic acids is 1. The molecule has 0 heterocycles. The van der Waals surface area contributed by atoms with Gasteiger partial charge in [-0.05, 0) is 43.4 Å². The summed E-state index contributed by atoms with van der Waals surface area (Å²) in [7, 11) is 4.04. The minimum atomic E-state index is -0.309. The first kappa shape index (κ1) is 18.7. The minimum Gasteiger partial charge on any atom is -0.457 e. The van der Waals surface area contributed by atoms with Gasteiger partial charge >= 0.3 is 5.97 Å². The fourth-order valence-electron chi connectivity index (χ4n) is 2.04. The zero-order valence-electron chi connectivity index (χ0n) is 12.6. The van der Waals surface area contributed by atoms with E-state index < -0.39 is 0 Å². The van der Waals surface area contributed by atoms with Crippen LogP contribution in [0.4, 0.5) is 0 Å². The lowest BCUT2D eigenvalue weighted by molar-refractivity contribution is 0.0471. The fourth-order valence-corrected chi connectivity index (χ4v) is 2.43. The molecule has 2 aromatic rings. The molecule has 5 heteroatoms. The first-order valence-corrected chi connectivity index (χ1v) is 7.50. The topological polar surface area (TPSA) is 29.5 Å². The average molecular weight is 385 g/mol. The predicted octanol–water partition coefficient (Wildman–Crippen LogP) is 4.29. The zero-order valence-corrected chi connectivity index (χ0v) is 15.0. The van der Waals surface area contributed by atoms with Crippen LogP contribution in [0.3, 0.4) is 0 Å². The summed E-state index contributed by atoms with van der Waals surface area (Å²) in [5, 5.41) is 0. The highest BCUT2D eigenvalue weighted by atomic mass is 79.9. The summed E-state index contributed by atoms with van der Waals surface area (Å²) in [5.41, 5.74) is 2.76. The van der Waals surface area contributed by atoms with Crippen LogP contribution in [0.25, 0.3) is 0 Å². The van der Waals surface area contributed by atoms with Crippen LogP contribution < -0.4 is 0 Å². The lowest BCUT2D eigenvalue weighted by atomic mass is 10.1. The molecule has 22 heavy (non-hydrogen) atoms. The molecule has 0 aromatic heterocycles. The number of hydrogen-bond donors (Lipinski definition) is 0. The fraction of sp³-hybridized carbons (Fsp3) is 0.235. The van der Waals surface area contributed by atoms with E-state index in [9.17, 15) is 4.79 Å². The number of carbonyl (C=O) groups is 1. The Hall–Kier alpha value is -1.36. The highest BCUT2D eigenvalue weighted by Crippen LogP contribution is 2.15. The van der Waals surface area contributed by atoms with Crippen LogP contribution in [0.5, 0.6) is 0 Å². The number of benzene rings is 2. The van der Waals surface area contributed by atoms with Crippen molar-refractivity contribution in [2.75, 3.05) is 14.1 Å². The van der Waals surface area contributed by atoms with Gasteiger partial charge in [0.15, 0.2) is 0 Å². The Labute approximate surface area is 145 Å². The third-order valence-corrected chi connectivity index (χ3v) is 3.52. The van der Waals surface area contributed by atoms with Gasteiger partial charge in [-0.15, -0.1) is 12.4 Å². The molecule has 0 fully saturated rings. The van der Waals surface area contributed by atoms with Gasteiger partial charge in [-0.2, -0.15) is 0 Å². The molecule has 2 rings (SSSR count). The Balaban J connectivity index is 0.00000242. The van der Waals surface area contributed by atoms with Crippen LogP contribution in [0.15, 0.2) is 53.0 Å². The Morgan fingerprint density at radius 3 is 2.41 bits per heavy atom. The van der Waals surface area contributed by atoms with Gasteiger partial charge < -0.3 is 9.64 Å². The summed E-state index contributed by atoms with van der Waals surface area (Å²) in [5.74, 6) is -0.309. The SMILES string of the molecule is CN(C)Cc1ccccc1COC(=O)c1cccc(Br)c1.Cl. The van der Waals surface area contributed by atoms with Gasteiger partial charge in [-0.25, -0.2) is 4.79 Å².